The van der Waals surface area contributed by atoms with Crippen LogP contribution < -0.4 is 10.6 Å². The lowest BCUT2D eigenvalue weighted by Gasteiger charge is -2.37. The predicted molar refractivity (Wildman–Crippen MR) is 62.5 cm³/mol. The molecule has 0 aromatic heterocycles. The molecule has 0 bridgehead atoms. The van der Waals surface area contributed by atoms with E-state index in [4.69, 9.17) is 0 Å². The minimum absolute atomic E-state index is 0.535. The second-order valence-corrected chi connectivity index (χ2v) is 5.16. The van der Waals surface area contributed by atoms with Crippen LogP contribution in [0.1, 0.15) is 40.0 Å². The maximum Gasteiger partial charge on any atom is 0.00200 e. The summed E-state index contributed by atoms with van der Waals surface area (Å²) in [4.78, 5) is 0. The largest absolute Gasteiger partial charge is 0.316 e. The van der Waals surface area contributed by atoms with Crippen molar-refractivity contribution in [2.45, 2.75) is 40.0 Å². The van der Waals surface area contributed by atoms with Gasteiger partial charge in [-0.3, -0.25) is 0 Å². The van der Waals surface area contributed by atoms with Crippen LogP contribution in [-0.4, -0.2) is 26.2 Å². The van der Waals surface area contributed by atoms with Crippen LogP contribution in [0.2, 0.25) is 0 Å². The SMILES string of the molecule is CCC1(CNCC(C)C)CCCNC1. The molecule has 0 aromatic rings. The summed E-state index contributed by atoms with van der Waals surface area (Å²) >= 11 is 0. The van der Waals surface area contributed by atoms with Gasteiger partial charge in [0.2, 0.25) is 0 Å². The summed E-state index contributed by atoms with van der Waals surface area (Å²) in [6.45, 7) is 11.6. The maximum absolute atomic E-state index is 3.61. The first-order valence-corrected chi connectivity index (χ1v) is 6.10. The summed E-state index contributed by atoms with van der Waals surface area (Å²) in [5, 5.41) is 7.13. The molecule has 0 radical (unpaired) electrons. The standard InChI is InChI=1S/C12H26N2/c1-4-12(6-5-7-13-9-12)10-14-8-11(2)3/h11,13-14H,4-10H2,1-3H3. The molecule has 1 fully saturated rings. The summed E-state index contributed by atoms with van der Waals surface area (Å²) in [5.74, 6) is 0.764. The van der Waals surface area contributed by atoms with Crippen molar-refractivity contribution in [1.82, 2.24) is 10.6 Å². The third-order valence-electron chi connectivity index (χ3n) is 3.36. The molecule has 1 aliphatic heterocycles. The number of rotatable bonds is 5. The van der Waals surface area contributed by atoms with E-state index in [1.165, 1.54) is 38.9 Å². The fourth-order valence-electron chi connectivity index (χ4n) is 2.23. The van der Waals surface area contributed by atoms with Gasteiger partial charge in [0.15, 0.2) is 0 Å². The monoisotopic (exact) mass is 198 g/mol. The molecule has 1 unspecified atom stereocenters. The Morgan fingerprint density at radius 3 is 2.71 bits per heavy atom. The molecule has 0 saturated carbocycles. The molecule has 1 atom stereocenters. The van der Waals surface area contributed by atoms with E-state index in [2.05, 4.69) is 31.4 Å². The summed E-state index contributed by atoms with van der Waals surface area (Å²) in [7, 11) is 0. The molecule has 0 amide bonds. The van der Waals surface area contributed by atoms with Crippen molar-refractivity contribution in [3.63, 3.8) is 0 Å². The van der Waals surface area contributed by atoms with E-state index in [1.54, 1.807) is 0 Å². The number of hydrogen-bond acceptors (Lipinski definition) is 2. The lowest BCUT2D eigenvalue weighted by molar-refractivity contribution is 0.191. The van der Waals surface area contributed by atoms with Gasteiger partial charge in [-0.15, -0.1) is 0 Å². The maximum atomic E-state index is 3.61. The lowest BCUT2D eigenvalue weighted by Crippen LogP contribution is -2.46. The van der Waals surface area contributed by atoms with Crippen molar-refractivity contribution in [2.24, 2.45) is 11.3 Å². The van der Waals surface area contributed by atoms with Crippen LogP contribution in [0.4, 0.5) is 0 Å². The Hall–Kier alpha value is -0.0800. The first-order chi connectivity index (χ1) is 6.68. The molecule has 0 aromatic carbocycles. The van der Waals surface area contributed by atoms with Gasteiger partial charge in [-0.2, -0.15) is 0 Å². The highest BCUT2D eigenvalue weighted by Crippen LogP contribution is 2.28. The van der Waals surface area contributed by atoms with E-state index >= 15 is 0 Å². The molecule has 2 nitrogen and oxygen atoms in total. The van der Waals surface area contributed by atoms with Crippen molar-refractivity contribution in [3.8, 4) is 0 Å². The van der Waals surface area contributed by atoms with E-state index in [0.29, 0.717) is 5.41 Å². The van der Waals surface area contributed by atoms with Crippen molar-refractivity contribution in [2.75, 3.05) is 26.2 Å². The van der Waals surface area contributed by atoms with Gasteiger partial charge >= 0.3 is 0 Å². The molecule has 14 heavy (non-hydrogen) atoms. The fourth-order valence-corrected chi connectivity index (χ4v) is 2.23. The highest BCUT2D eigenvalue weighted by atomic mass is 14.9. The molecule has 0 spiro atoms. The van der Waals surface area contributed by atoms with Gasteiger partial charge in [0.05, 0.1) is 0 Å². The van der Waals surface area contributed by atoms with Gasteiger partial charge in [0.1, 0.15) is 0 Å². The number of piperidine rings is 1. The second kappa shape index (κ2) is 5.72. The fraction of sp³-hybridized carbons (Fsp3) is 1.00. The van der Waals surface area contributed by atoms with Crippen molar-refractivity contribution in [1.29, 1.82) is 0 Å². The lowest BCUT2D eigenvalue weighted by atomic mass is 9.78. The zero-order valence-corrected chi connectivity index (χ0v) is 10.0. The predicted octanol–water partition coefficient (Wildman–Crippen LogP) is 2.01. The van der Waals surface area contributed by atoms with Crippen molar-refractivity contribution < 1.29 is 0 Å². The molecule has 2 heteroatoms. The molecule has 1 heterocycles. The average molecular weight is 198 g/mol. The molecule has 1 rings (SSSR count). The van der Waals surface area contributed by atoms with Crippen LogP contribution >= 0.6 is 0 Å². The van der Waals surface area contributed by atoms with E-state index in [1.807, 2.05) is 0 Å². The van der Waals surface area contributed by atoms with E-state index in [-0.39, 0.29) is 0 Å². The normalized spacial score (nSPS) is 28.3. The molecule has 2 N–H and O–H groups in total. The Balaban J connectivity index is 2.29. The van der Waals surface area contributed by atoms with Gasteiger partial charge in [-0.1, -0.05) is 20.8 Å². The number of nitrogens with one attached hydrogen (secondary N) is 2. The first-order valence-electron chi connectivity index (χ1n) is 6.10. The zero-order chi connectivity index (χ0) is 10.4. The molecule has 0 aliphatic carbocycles. The summed E-state index contributed by atoms with van der Waals surface area (Å²) < 4.78 is 0. The van der Waals surface area contributed by atoms with Gasteiger partial charge in [0, 0.05) is 13.1 Å². The van der Waals surface area contributed by atoms with E-state index in [0.717, 1.165) is 12.5 Å². The molecular formula is C12H26N2. The minimum Gasteiger partial charge on any atom is -0.316 e. The quantitative estimate of drug-likeness (QED) is 0.706. The molecule has 1 saturated heterocycles. The smallest absolute Gasteiger partial charge is 0.00200 e. The second-order valence-electron chi connectivity index (χ2n) is 5.16. The van der Waals surface area contributed by atoms with Gasteiger partial charge < -0.3 is 10.6 Å². The summed E-state index contributed by atoms with van der Waals surface area (Å²) in [6.07, 6.45) is 4.03. The Morgan fingerprint density at radius 2 is 2.21 bits per heavy atom. The summed E-state index contributed by atoms with van der Waals surface area (Å²) in [6, 6.07) is 0. The summed E-state index contributed by atoms with van der Waals surface area (Å²) in [5.41, 5.74) is 0.535. The van der Waals surface area contributed by atoms with E-state index < -0.39 is 0 Å². The zero-order valence-electron chi connectivity index (χ0n) is 10.0. The van der Waals surface area contributed by atoms with Crippen LogP contribution in [-0.2, 0) is 0 Å². The third kappa shape index (κ3) is 3.58. The average Bonchev–Trinajstić information content (AvgIpc) is 2.19. The van der Waals surface area contributed by atoms with Crippen LogP contribution in [0.3, 0.4) is 0 Å². The van der Waals surface area contributed by atoms with Crippen LogP contribution in [0.25, 0.3) is 0 Å². The van der Waals surface area contributed by atoms with Gasteiger partial charge in [0.25, 0.3) is 0 Å². The Labute approximate surface area is 88.8 Å². The Kier molecular flexibility index (Phi) is 4.90. The van der Waals surface area contributed by atoms with Crippen molar-refractivity contribution in [3.05, 3.63) is 0 Å². The molecular weight excluding hydrogens is 172 g/mol. The topological polar surface area (TPSA) is 24.1 Å². The third-order valence-corrected chi connectivity index (χ3v) is 3.36. The number of hydrogen-bond donors (Lipinski definition) is 2. The van der Waals surface area contributed by atoms with Crippen LogP contribution in [0.5, 0.6) is 0 Å². The highest BCUT2D eigenvalue weighted by Gasteiger charge is 2.29. The van der Waals surface area contributed by atoms with Crippen molar-refractivity contribution >= 4 is 0 Å². The first kappa shape index (κ1) is 12.0. The highest BCUT2D eigenvalue weighted by molar-refractivity contribution is 4.86. The van der Waals surface area contributed by atoms with Gasteiger partial charge in [-0.05, 0) is 43.7 Å². The molecule has 84 valence electrons. The molecule has 1 aliphatic rings. The van der Waals surface area contributed by atoms with Gasteiger partial charge in [-0.25, -0.2) is 0 Å². The minimum atomic E-state index is 0.535. The van der Waals surface area contributed by atoms with E-state index in [9.17, 15) is 0 Å². The van der Waals surface area contributed by atoms with Crippen LogP contribution in [0.15, 0.2) is 0 Å². The Bertz CT molecular complexity index is 148. The van der Waals surface area contributed by atoms with Crippen LogP contribution in [0, 0.1) is 11.3 Å². The Morgan fingerprint density at radius 1 is 1.43 bits per heavy atom.